The fraction of sp³-hybridized carbons (Fsp3) is 0.500. The lowest BCUT2D eigenvalue weighted by molar-refractivity contribution is -0.161. The fourth-order valence-electron chi connectivity index (χ4n) is 1.71. The first-order valence-corrected chi connectivity index (χ1v) is 8.69. The Morgan fingerprint density at radius 3 is 2.17 bits per heavy atom. The quantitative estimate of drug-likeness (QED) is 0.431. The van der Waals surface area contributed by atoms with Gasteiger partial charge in [0.1, 0.15) is 5.75 Å². The first kappa shape index (κ1) is 20.2. The van der Waals surface area contributed by atoms with Crippen LogP contribution >= 0.6 is 0 Å². The van der Waals surface area contributed by atoms with Crippen LogP contribution in [0.3, 0.4) is 0 Å². The summed E-state index contributed by atoms with van der Waals surface area (Å²) in [4.78, 5) is 11.6. The second-order valence-electron chi connectivity index (χ2n) is 5.13. The third kappa shape index (κ3) is 4.83. The van der Waals surface area contributed by atoms with Gasteiger partial charge in [-0.1, -0.05) is 0 Å². The first-order valence-electron chi connectivity index (χ1n) is 6.80. The highest BCUT2D eigenvalue weighted by Crippen LogP contribution is 2.41. The summed E-state index contributed by atoms with van der Waals surface area (Å²) in [5.41, 5.74) is 0.127. The van der Waals surface area contributed by atoms with Crippen LogP contribution in [-0.2, 0) is 14.6 Å². The van der Waals surface area contributed by atoms with E-state index in [9.17, 15) is 30.8 Å². The summed E-state index contributed by atoms with van der Waals surface area (Å²) in [6.07, 6.45) is -1.91. The molecule has 0 aliphatic carbocycles. The minimum absolute atomic E-state index is 0.0420. The lowest BCUT2D eigenvalue weighted by Crippen LogP contribution is -2.46. The van der Waals surface area contributed by atoms with Crippen molar-refractivity contribution in [2.45, 2.75) is 30.4 Å². The first-order chi connectivity index (χ1) is 10.9. The standard InChI is InChI=1S/C14H16F4O5S/c1-24(21,22)14(17,18)13(15,16)8-2-3-9-23-12(20)10-4-6-11(19)7-5-10/h4-7,19H,2-3,8-9H2,1H3. The number of phenols is 1. The molecule has 0 bridgehead atoms. The number of carbonyl (C=O) groups is 1. The van der Waals surface area contributed by atoms with Crippen molar-refractivity contribution in [3.05, 3.63) is 29.8 Å². The number of unbranched alkanes of at least 4 members (excludes halogenated alkanes) is 1. The molecule has 1 rings (SSSR count). The molecule has 1 aromatic rings. The van der Waals surface area contributed by atoms with Gasteiger partial charge in [-0.15, -0.1) is 0 Å². The van der Waals surface area contributed by atoms with E-state index in [1.807, 2.05) is 0 Å². The Hall–Kier alpha value is -1.84. The zero-order valence-corrected chi connectivity index (χ0v) is 13.5. The highest BCUT2D eigenvalue weighted by molar-refractivity contribution is 7.91. The summed E-state index contributed by atoms with van der Waals surface area (Å²) in [6.45, 7) is -0.291. The lowest BCUT2D eigenvalue weighted by atomic mass is 10.1. The zero-order valence-electron chi connectivity index (χ0n) is 12.6. The van der Waals surface area contributed by atoms with Gasteiger partial charge in [-0.2, -0.15) is 17.6 Å². The average molecular weight is 372 g/mol. The Kier molecular flexibility index (Phi) is 6.20. The van der Waals surface area contributed by atoms with Crippen LogP contribution in [0.1, 0.15) is 29.6 Å². The van der Waals surface area contributed by atoms with E-state index in [1.165, 1.54) is 24.3 Å². The van der Waals surface area contributed by atoms with Crippen molar-refractivity contribution < 1.29 is 40.6 Å². The molecule has 0 spiro atoms. The van der Waals surface area contributed by atoms with Crippen LogP contribution in [0.15, 0.2) is 24.3 Å². The number of aromatic hydroxyl groups is 1. The number of carbonyl (C=O) groups excluding carboxylic acids is 1. The summed E-state index contributed by atoms with van der Waals surface area (Å²) in [5, 5.41) is 3.91. The Morgan fingerprint density at radius 2 is 1.67 bits per heavy atom. The molecular formula is C14H16F4O5S. The maximum Gasteiger partial charge on any atom is 0.406 e. The van der Waals surface area contributed by atoms with Crippen molar-refractivity contribution in [3.63, 3.8) is 0 Å². The SMILES string of the molecule is CS(=O)(=O)C(F)(F)C(F)(F)CCCCOC(=O)c1ccc(O)cc1. The van der Waals surface area contributed by atoms with E-state index >= 15 is 0 Å². The van der Waals surface area contributed by atoms with Gasteiger partial charge in [-0.3, -0.25) is 0 Å². The van der Waals surface area contributed by atoms with Crippen molar-refractivity contribution in [2.75, 3.05) is 12.9 Å². The van der Waals surface area contributed by atoms with Crippen LogP contribution in [0.4, 0.5) is 17.6 Å². The molecule has 0 aliphatic heterocycles. The van der Waals surface area contributed by atoms with E-state index in [-0.39, 0.29) is 30.6 Å². The molecule has 0 aliphatic rings. The van der Waals surface area contributed by atoms with Crippen molar-refractivity contribution in [2.24, 2.45) is 0 Å². The van der Waals surface area contributed by atoms with Gasteiger partial charge >= 0.3 is 17.1 Å². The number of sulfone groups is 1. The number of benzene rings is 1. The molecule has 24 heavy (non-hydrogen) atoms. The molecule has 1 N–H and O–H groups in total. The molecular weight excluding hydrogens is 356 g/mol. The largest absolute Gasteiger partial charge is 0.508 e. The maximum absolute atomic E-state index is 13.3. The van der Waals surface area contributed by atoms with E-state index in [2.05, 4.69) is 0 Å². The predicted molar refractivity (Wildman–Crippen MR) is 77.0 cm³/mol. The lowest BCUT2D eigenvalue weighted by Gasteiger charge is -2.24. The average Bonchev–Trinajstić information content (AvgIpc) is 2.46. The molecule has 136 valence electrons. The number of phenolic OH excluding ortho intramolecular Hbond substituents is 1. The van der Waals surface area contributed by atoms with Crippen molar-refractivity contribution >= 4 is 15.8 Å². The monoisotopic (exact) mass is 372 g/mol. The van der Waals surface area contributed by atoms with E-state index < -0.39 is 39.8 Å². The number of hydrogen-bond donors (Lipinski definition) is 1. The molecule has 0 unspecified atom stereocenters. The molecule has 0 amide bonds. The van der Waals surface area contributed by atoms with Crippen LogP contribution < -0.4 is 0 Å². The van der Waals surface area contributed by atoms with Gasteiger partial charge < -0.3 is 9.84 Å². The predicted octanol–water partition coefficient (Wildman–Crippen LogP) is 2.99. The Morgan fingerprint density at radius 1 is 1.12 bits per heavy atom. The Balaban J connectivity index is 2.43. The van der Waals surface area contributed by atoms with E-state index in [4.69, 9.17) is 9.84 Å². The molecule has 0 radical (unpaired) electrons. The summed E-state index contributed by atoms with van der Waals surface area (Å²) in [6, 6.07) is 5.09. The molecule has 0 fully saturated rings. The van der Waals surface area contributed by atoms with E-state index in [0.717, 1.165) is 0 Å². The molecule has 0 saturated carbocycles. The molecule has 5 nitrogen and oxygen atoms in total. The maximum atomic E-state index is 13.3. The summed E-state index contributed by atoms with van der Waals surface area (Å²) >= 11 is 0. The van der Waals surface area contributed by atoms with E-state index in [0.29, 0.717) is 0 Å². The molecule has 0 heterocycles. The molecule has 1 aromatic carbocycles. The Bertz CT molecular complexity index is 671. The summed E-state index contributed by atoms with van der Waals surface area (Å²) < 4.78 is 79.2. The van der Waals surface area contributed by atoms with Crippen molar-refractivity contribution in [1.82, 2.24) is 0 Å². The fourth-order valence-corrected chi connectivity index (χ4v) is 2.36. The van der Waals surface area contributed by atoms with Gasteiger partial charge in [-0.05, 0) is 37.1 Å². The topological polar surface area (TPSA) is 80.7 Å². The highest BCUT2D eigenvalue weighted by atomic mass is 32.2. The molecule has 0 saturated heterocycles. The number of halogens is 4. The van der Waals surface area contributed by atoms with Gasteiger partial charge in [0.2, 0.25) is 9.84 Å². The van der Waals surface area contributed by atoms with Crippen LogP contribution in [-0.4, -0.2) is 43.5 Å². The van der Waals surface area contributed by atoms with E-state index in [1.54, 1.807) is 0 Å². The summed E-state index contributed by atoms with van der Waals surface area (Å²) in [7, 11) is -5.24. The van der Waals surface area contributed by atoms with Gasteiger partial charge in [0.15, 0.2) is 0 Å². The van der Waals surface area contributed by atoms with Crippen LogP contribution in [0, 0.1) is 0 Å². The number of ether oxygens (including phenoxy) is 1. The van der Waals surface area contributed by atoms with Crippen LogP contribution in [0.25, 0.3) is 0 Å². The molecule has 0 atom stereocenters. The number of rotatable bonds is 8. The molecule has 0 aromatic heterocycles. The van der Waals surface area contributed by atoms with Gasteiger partial charge in [0.25, 0.3) is 0 Å². The third-order valence-corrected chi connectivity index (χ3v) is 4.34. The molecule has 10 heteroatoms. The van der Waals surface area contributed by atoms with Crippen molar-refractivity contribution in [3.8, 4) is 5.75 Å². The van der Waals surface area contributed by atoms with Gasteiger partial charge in [0, 0.05) is 12.7 Å². The number of alkyl halides is 4. The van der Waals surface area contributed by atoms with Gasteiger partial charge in [-0.25, -0.2) is 13.2 Å². The minimum atomic E-state index is -5.24. The third-order valence-electron chi connectivity index (χ3n) is 3.11. The zero-order chi connectivity index (χ0) is 18.6. The Labute approximate surface area is 136 Å². The smallest absolute Gasteiger partial charge is 0.406 e. The minimum Gasteiger partial charge on any atom is -0.508 e. The second kappa shape index (κ2) is 7.37. The second-order valence-corrected chi connectivity index (χ2v) is 7.19. The van der Waals surface area contributed by atoms with Crippen LogP contribution in [0.2, 0.25) is 0 Å². The van der Waals surface area contributed by atoms with Crippen molar-refractivity contribution in [1.29, 1.82) is 0 Å². The normalized spacial score (nSPS) is 12.9. The highest BCUT2D eigenvalue weighted by Gasteiger charge is 2.62. The number of hydrogen-bond acceptors (Lipinski definition) is 5. The summed E-state index contributed by atoms with van der Waals surface area (Å²) in [5.74, 6) is -5.52. The van der Waals surface area contributed by atoms with Gasteiger partial charge in [0.05, 0.1) is 12.2 Å². The van der Waals surface area contributed by atoms with Crippen LogP contribution in [0.5, 0.6) is 5.75 Å². The number of esters is 1.